The average molecular weight is 316 g/mol. The highest BCUT2D eigenvalue weighted by Crippen LogP contribution is 2.64. The van der Waals surface area contributed by atoms with Gasteiger partial charge in [-0.1, -0.05) is 19.9 Å². The lowest BCUT2D eigenvalue weighted by Gasteiger charge is -2.22. The Balaban J connectivity index is 1.82. The number of aromatic nitrogens is 1. The molecule has 1 atom stereocenters. The average Bonchev–Trinajstić information content (AvgIpc) is 3.08. The van der Waals surface area contributed by atoms with Gasteiger partial charge in [0.05, 0.1) is 0 Å². The fourth-order valence-corrected chi connectivity index (χ4v) is 3.28. The Morgan fingerprint density at radius 2 is 1.87 bits per heavy atom. The molecule has 1 heterocycles. The van der Waals surface area contributed by atoms with E-state index in [0.717, 1.165) is 12.5 Å². The Morgan fingerprint density at radius 3 is 2.43 bits per heavy atom. The molecule has 3 rings (SSSR count). The summed E-state index contributed by atoms with van der Waals surface area (Å²) in [4.78, 5) is 16.1. The summed E-state index contributed by atoms with van der Waals surface area (Å²) in [7, 11) is 0. The Bertz CT molecular complexity index is 746. The van der Waals surface area contributed by atoms with Crippen molar-refractivity contribution in [3.8, 4) is 0 Å². The van der Waals surface area contributed by atoms with Crippen LogP contribution < -0.4 is 5.32 Å². The molecule has 0 bridgehead atoms. The molecule has 0 aliphatic heterocycles. The second kappa shape index (κ2) is 5.41. The molecule has 5 heteroatoms. The first-order chi connectivity index (χ1) is 10.9. The SMILES string of the molecule is CC1(C)CC1(CNC(=O)c1ccncc1)c1ccc(F)cc1F. The second-order valence-electron chi connectivity index (χ2n) is 6.69. The van der Waals surface area contributed by atoms with Crippen molar-refractivity contribution in [2.24, 2.45) is 5.41 Å². The molecule has 1 aliphatic carbocycles. The molecular formula is C18H18F2N2O. The van der Waals surface area contributed by atoms with E-state index in [4.69, 9.17) is 0 Å². The molecule has 2 aromatic rings. The summed E-state index contributed by atoms with van der Waals surface area (Å²) >= 11 is 0. The third kappa shape index (κ3) is 2.71. The van der Waals surface area contributed by atoms with E-state index in [1.54, 1.807) is 24.5 Å². The van der Waals surface area contributed by atoms with Gasteiger partial charge < -0.3 is 5.32 Å². The first kappa shape index (κ1) is 15.6. The van der Waals surface area contributed by atoms with Crippen LogP contribution in [0.4, 0.5) is 8.78 Å². The fourth-order valence-electron chi connectivity index (χ4n) is 3.28. The van der Waals surface area contributed by atoms with Gasteiger partial charge >= 0.3 is 0 Å². The van der Waals surface area contributed by atoms with Crippen LogP contribution in [-0.2, 0) is 5.41 Å². The molecule has 120 valence electrons. The van der Waals surface area contributed by atoms with Crippen LogP contribution in [0, 0.1) is 17.0 Å². The van der Waals surface area contributed by atoms with Crippen molar-refractivity contribution in [3.63, 3.8) is 0 Å². The second-order valence-corrected chi connectivity index (χ2v) is 6.69. The zero-order valence-corrected chi connectivity index (χ0v) is 13.1. The number of halogens is 2. The highest BCUT2D eigenvalue weighted by molar-refractivity contribution is 5.94. The Hall–Kier alpha value is -2.30. The van der Waals surface area contributed by atoms with Crippen molar-refractivity contribution in [2.75, 3.05) is 6.54 Å². The van der Waals surface area contributed by atoms with E-state index in [1.165, 1.54) is 12.1 Å². The first-order valence-electron chi connectivity index (χ1n) is 7.49. The Morgan fingerprint density at radius 1 is 1.22 bits per heavy atom. The standard InChI is InChI=1S/C18H18F2N2O/c1-17(2)10-18(17,14-4-3-13(19)9-15(14)20)11-22-16(23)12-5-7-21-8-6-12/h3-9H,10-11H2,1-2H3,(H,22,23). The number of carbonyl (C=O) groups excluding carboxylic acids is 1. The summed E-state index contributed by atoms with van der Waals surface area (Å²) in [5, 5.41) is 2.87. The highest BCUT2D eigenvalue weighted by Gasteiger charge is 2.62. The van der Waals surface area contributed by atoms with E-state index in [9.17, 15) is 13.6 Å². The van der Waals surface area contributed by atoms with Crippen LogP contribution in [0.3, 0.4) is 0 Å². The number of nitrogens with one attached hydrogen (secondary N) is 1. The highest BCUT2D eigenvalue weighted by atomic mass is 19.1. The molecule has 23 heavy (non-hydrogen) atoms. The fraction of sp³-hybridized carbons (Fsp3) is 0.333. The zero-order chi connectivity index (χ0) is 16.7. The third-order valence-electron chi connectivity index (χ3n) is 4.85. The van der Waals surface area contributed by atoms with Gasteiger partial charge in [-0.25, -0.2) is 8.78 Å². The van der Waals surface area contributed by atoms with Gasteiger partial charge in [0.2, 0.25) is 0 Å². The van der Waals surface area contributed by atoms with Crippen molar-refractivity contribution in [1.82, 2.24) is 10.3 Å². The number of rotatable bonds is 4. The number of hydrogen-bond acceptors (Lipinski definition) is 2. The van der Waals surface area contributed by atoms with E-state index in [0.29, 0.717) is 17.7 Å². The Labute approximate surface area is 133 Å². The first-order valence-corrected chi connectivity index (χ1v) is 7.49. The van der Waals surface area contributed by atoms with Gasteiger partial charge in [-0.15, -0.1) is 0 Å². The lowest BCUT2D eigenvalue weighted by Crippen LogP contribution is -2.35. The van der Waals surface area contributed by atoms with Gasteiger partial charge in [-0.2, -0.15) is 0 Å². The molecule has 1 unspecified atom stereocenters. The van der Waals surface area contributed by atoms with Crippen molar-refractivity contribution < 1.29 is 13.6 Å². The summed E-state index contributed by atoms with van der Waals surface area (Å²) in [5.74, 6) is -1.38. The van der Waals surface area contributed by atoms with Crippen molar-refractivity contribution >= 4 is 5.91 Å². The minimum absolute atomic E-state index is 0.156. The summed E-state index contributed by atoms with van der Waals surface area (Å²) in [5.41, 5.74) is 0.303. The number of pyridine rings is 1. The lowest BCUT2D eigenvalue weighted by atomic mass is 9.87. The molecule has 1 N–H and O–H groups in total. The van der Waals surface area contributed by atoms with Crippen LogP contribution in [0.15, 0.2) is 42.7 Å². The maximum absolute atomic E-state index is 14.2. The molecule has 0 radical (unpaired) electrons. The van der Waals surface area contributed by atoms with Gasteiger partial charge in [-0.3, -0.25) is 9.78 Å². The molecule has 1 aliphatic rings. The summed E-state index contributed by atoms with van der Waals surface area (Å²) < 4.78 is 27.4. The predicted octanol–water partition coefficient (Wildman–Crippen LogP) is 3.46. The van der Waals surface area contributed by atoms with E-state index in [2.05, 4.69) is 10.3 Å². The number of benzene rings is 1. The third-order valence-corrected chi connectivity index (χ3v) is 4.85. The lowest BCUT2D eigenvalue weighted by molar-refractivity contribution is 0.0947. The molecule has 1 amide bonds. The minimum Gasteiger partial charge on any atom is -0.351 e. The van der Waals surface area contributed by atoms with Gasteiger partial charge in [0, 0.05) is 36.0 Å². The van der Waals surface area contributed by atoms with E-state index >= 15 is 0 Å². The largest absolute Gasteiger partial charge is 0.351 e. The van der Waals surface area contributed by atoms with Crippen LogP contribution in [-0.4, -0.2) is 17.4 Å². The maximum atomic E-state index is 14.2. The monoisotopic (exact) mass is 316 g/mol. The van der Waals surface area contributed by atoms with Crippen LogP contribution in [0.1, 0.15) is 36.2 Å². The number of carbonyl (C=O) groups is 1. The van der Waals surface area contributed by atoms with Gasteiger partial charge in [0.1, 0.15) is 11.6 Å². The van der Waals surface area contributed by atoms with Gasteiger partial charge in [-0.05, 0) is 35.6 Å². The minimum atomic E-state index is -0.597. The molecule has 1 fully saturated rings. The molecule has 1 aromatic heterocycles. The smallest absolute Gasteiger partial charge is 0.251 e. The van der Waals surface area contributed by atoms with Crippen molar-refractivity contribution in [3.05, 3.63) is 65.5 Å². The Kier molecular flexibility index (Phi) is 3.66. The molecule has 1 saturated carbocycles. The van der Waals surface area contributed by atoms with E-state index in [-0.39, 0.29) is 11.3 Å². The van der Waals surface area contributed by atoms with E-state index < -0.39 is 17.0 Å². The maximum Gasteiger partial charge on any atom is 0.251 e. The van der Waals surface area contributed by atoms with Crippen molar-refractivity contribution in [1.29, 1.82) is 0 Å². The molecule has 1 aromatic carbocycles. The zero-order valence-electron chi connectivity index (χ0n) is 13.1. The summed E-state index contributed by atoms with van der Waals surface area (Å²) in [6.07, 6.45) is 3.83. The quantitative estimate of drug-likeness (QED) is 0.938. The topological polar surface area (TPSA) is 42.0 Å². The normalized spacial score (nSPS) is 21.7. The molecule has 0 spiro atoms. The van der Waals surface area contributed by atoms with Crippen LogP contribution in [0.25, 0.3) is 0 Å². The van der Waals surface area contributed by atoms with Crippen LogP contribution in [0.2, 0.25) is 0 Å². The van der Waals surface area contributed by atoms with Gasteiger partial charge in [0.25, 0.3) is 5.91 Å². The molecule has 3 nitrogen and oxygen atoms in total. The van der Waals surface area contributed by atoms with Gasteiger partial charge in [0.15, 0.2) is 0 Å². The summed E-state index contributed by atoms with van der Waals surface area (Å²) in [6, 6.07) is 6.89. The predicted molar refractivity (Wildman–Crippen MR) is 83.0 cm³/mol. The molecule has 0 saturated heterocycles. The molecular weight excluding hydrogens is 298 g/mol. The number of hydrogen-bond donors (Lipinski definition) is 1. The van der Waals surface area contributed by atoms with Crippen LogP contribution in [0.5, 0.6) is 0 Å². The number of nitrogens with zero attached hydrogens (tertiary/aromatic N) is 1. The van der Waals surface area contributed by atoms with E-state index in [1.807, 2.05) is 13.8 Å². The number of amides is 1. The van der Waals surface area contributed by atoms with Crippen molar-refractivity contribution in [2.45, 2.75) is 25.7 Å². The van der Waals surface area contributed by atoms with Crippen LogP contribution >= 0.6 is 0 Å². The summed E-state index contributed by atoms with van der Waals surface area (Å²) in [6.45, 7) is 4.35.